The Morgan fingerprint density at radius 1 is 1.16 bits per heavy atom. The summed E-state index contributed by atoms with van der Waals surface area (Å²) in [6, 6.07) is 10.3. The van der Waals surface area contributed by atoms with Gasteiger partial charge >= 0.3 is 11.8 Å². The van der Waals surface area contributed by atoms with Crippen molar-refractivity contribution in [2.75, 3.05) is 5.32 Å². The number of amides is 2. The number of benzene rings is 2. The third-order valence-corrected chi connectivity index (χ3v) is 3.16. The van der Waals surface area contributed by atoms with Crippen molar-refractivity contribution in [2.45, 2.75) is 6.92 Å². The summed E-state index contributed by atoms with van der Waals surface area (Å²) in [6.07, 6.45) is 1.09. The van der Waals surface area contributed by atoms with E-state index in [0.717, 1.165) is 23.9 Å². The van der Waals surface area contributed by atoms with E-state index in [0.29, 0.717) is 5.69 Å². The molecule has 2 aromatic rings. The van der Waals surface area contributed by atoms with Crippen molar-refractivity contribution in [3.8, 4) is 5.75 Å². The van der Waals surface area contributed by atoms with Crippen molar-refractivity contribution < 1.29 is 19.6 Å². The lowest BCUT2D eigenvalue weighted by Gasteiger charge is -2.07. The molecule has 25 heavy (non-hydrogen) atoms. The third-order valence-electron chi connectivity index (χ3n) is 3.16. The fourth-order valence-corrected chi connectivity index (χ4v) is 1.87. The molecule has 0 radical (unpaired) electrons. The largest absolute Gasteiger partial charge is 0.868 e. The highest BCUT2D eigenvalue weighted by molar-refractivity contribution is 6.39. The minimum absolute atomic E-state index is 0.228. The van der Waals surface area contributed by atoms with Crippen molar-refractivity contribution in [3.63, 3.8) is 0 Å². The highest BCUT2D eigenvalue weighted by atomic mass is 16.6. The number of nitrogens with one attached hydrogen (secondary N) is 2. The monoisotopic (exact) mass is 341 g/mol. The van der Waals surface area contributed by atoms with Gasteiger partial charge in [-0.05, 0) is 24.3 Å². The molecule has 0 saturated carbocycles. The molecule has 0 saturated heterocycles. The molecule has 0 unspecified atom stereocenters. The van der Waals surface area contributed by atoms with Gasteiger partial charge in [0.25, 0.3) is 5.69 Å². The Morgan fingerprint density at radius 2 is 1.88 bits per heavy atom. The lowest BCUT2D eigenvalue weighted by atomic mass is 10.2. The molecule has 0 heterocycles. The summed E-state index contributed by atoms with van der Waals surface area (Å²) < 4.78 is 0. The van der Waals surface area contributed by atoms with E-state index >= 15 is 0 Å². The van der Waals surface area contributed by atoms with E-state index < -0.39 is 28.2 Å². The van der Waals surface area contributed by atoms with Crippen LogP contribution in [0, 0.1) is 17.0 Å². The fraction of sp³-hybridized carbons (Fsp3) is 0.0625. The maximum Gasteiger partial charge on any atom is 0.329 e. The number of carbonyl (C=O) groups is 2. The Balaban J connectivity index is 1.98. The van der Waals surface area contributed by atoms with Gasteiger partial charge in [0, 0.05) is 17.3 Å². The second kappa shape index (κ2) is 7.68. The highest BCUT2D eigenvalue weighted by Gasteiger charge is 2.13. The van der Waals surface area contributed by atoms with E-state index in [4.69, 9.17) is 0 Å². The normalized spacial score (nSPS) is 10.4. The van der Waals surface area contributed by atoms with Gasteiger partial charge < -0.3 is 10.4 Å². The van der Waals surface area contributed by atoms with Crippen molar-refractivity contribution in [1.82, 2.24) is 5.43 Å². The number of para-hydroxylation sites is 1. The molecule has 9 heteroatoms. The van der Waals surface area contributed by atoms with Gasteiger partial charge in [-0.3, -0.25) is 19.7 Å². The second-order valence-electron chi connectivity index (χ2n) is 4.95. The number of hydrogen-bond acceptors (Lipinski definition) is 6. The molecule has 2 amide bonds. The van der Waals surface area contributed by atoms with Crippen molar-refractivity contribution in [3.05, 3.63) is 63.7 Å². The number of hydrogen-bond donors (Lipinski definition) is 2. The van der Waals surface area contributed by atoms with Crippen LogP contribution in [0.15, 0.2) is 47.6 Å². The molecule has 2 N–H and O–H groups in total. The van der Waals surface area contributed by atoms with Crippen LogP contribution in [0.5, 0.6) is 5.75 Å². The zero-order valence-corrected chi connectivity index (χ0v) is 13.1. The molecular formula is C16H13N4O5-. The first-order valence-electron chi connectivity index (χ1n) is 7.04. The van der Waals surface area contributed by atoms with Gasteiger partial charge in [-0.1, -0.05) is 30.3 Å². The van der Waals surface area contributed by atoms with Gasteiger partial charge in [-0.25, -0.2) is 5.43 Å². The minimum Gasteiger partial charge on any atom is -0.868 e. The van der Waals surface area contributed by atoms with E-state index in [9.17, 15) is 24.8 Å². The van der Waals surface area contributed by atoms with Crippen molar-refractivity contribution >= 4 is 29.4 Å². The molecule has 9 nitrogen and oxygen atoms in total. The highest BCUT2D eigenvalue weighted by Crippen LogP contribution is 2.22. The molecule has 128 valence electrons. The zero-order chi connectivity index (χ0) is 18.4. The van der Waals surface area contributed by atoms with Crippen LogP contribution < -0.4 is 15.8 Å². The number of nitrogens with zero attached hydrogens (tertiary/aromatic N) is 2. The summed E-state index contributed by atoms with van der Waals surface area (Å²) in [5, 5.41) is 27.9. The van der Waals surface area contributed by atoms with Crippen molar-refractivity contribution in [1.29, 1.82) is 0 Å². The second-order valence-corrected chi connectivity index (χ2v) is 4.95. The first-order chi connectivity index (χ1) is 11.9. The first kappa shape index (κ1) is 17.6. The van der Waals surface area contributed by atoms with E-state index in [2.05, 4.69) is 10.4 Å². The maximum absolute atomic E-state index is 11.8. The van der Waals surface area contributed by atoms with E-state index in [1.807, 2.05) is 5.43 Å². The third kappa shape index (κ3) is 4.61. The number of carbonyl (C=O) groups excluding carboxylic acids is 2. The average molecular weight is 341 g/mol. The molecule has 0 atom stereocenters. The molecule has 0 aliphatic heterocycles. The first-order valence-corrected chi connectivity index (χ1v) is 7.04. The quantitative estimate of drug-likeness (QED) is 0.371. The number of hydrazone groups is 1. The van der Waals surface area contributed by atoms with Gasteiger partial charge in [-0.2, -0.15) is 5.10 Å². The van der Waals surface area contributed by atoms with Gasteiger partial charge in [-0.15, -0.1) is 0 Å². The van der Waals surface area contributed by atoms with Crippen LogP contribution in [0.2, 0.25) is 0 Å². The minimum atomic E-state index is -1.01. The predicted molar refractivity (Wildman–Crippen MR) is 88.1 cm³/mol. The van der Waals surface area contributed by atoms with Gasteiger partial charge in [0.2, 0.25) is 0 Å². The van der Waals surface area contributed by atoms with Gasteiger partial charge in [0.15, 0.2) is 0 Å². The smallest absolute Gasteiger partial charge is 0.329 e. The average Bonchev–Trinajstić information content (AvgIpc) is 2.58. The van der Waals surface area contributed by atoms with Gasteiger partial charge in [0.1, 0.15) is 0 Å². The summed E-state index contributed by atoms with van der Waals surface area (Å²) >= 11 is 0. The summed E-state index contributed by atoms with van der Waals surface area (Å²) in [6.45, 7) is 1.78. The molecule has 0 aliphatic rings. The molecule has 0 spiro atoms. The molecular weight excluding hydrogens is 328 g/mol. The summed E-state index contributed by atoms with van der Waals surface area (Å²) in [5.74, 6) is -2.65. The van der Waals surface area contributed by atoms with Gasteiger partial charge in [0.05, 0.1) is 11.1 Å². The zero-order valence-electron chi connectivity index (χ0n) is 13.1. The van der Waals surface area contributed by atoms with Crippen LogP contribution in [0.25, 0.3) is 0 Å². The molecule has 0 aromatic heterocycles. The molecule has 2 aromatic carbocycles. The Bertz CT molecular complexity index is 863. The topological polar surface area (TPSA) is 137 Å². The fourth-order valence-electron chi connectivity index (χ4n) is 1.87. The Morgan fingerprint density at radius 3 is 2.56 bits per heavy atom. The number of rotatable bonds is 4. The Labute approximate surface area is 142 Å². The standard InChI is InChI=1S/C16H14N4O5/c1-10-4-2-3-5-12(10)18-15(22)16(23)19-17-9-11-6-7-14(21)13(8-11)20(24)25/h2-9,21H,1H3,(H,18,22)(H,19,23)/p-1/b17-9-. The molecule has 0 fully saturated rings. The molecule has 0 aliphatic carbocycles. The number of anilines is 1. The van der Waals surface area contributed by atoms with Crippen molar-refractivity contribution in [2.24, 2.45) is 5.10 Å². The number of nitro groups is 1. The Kier molecular flexibility index (Phi) is 5.41. The van der Waals surface area contributed by atoms with Crippen LogP contribution in [0.1, 0.15) is 11.1 Å². The lowest BCUT2D eigenvalue weighted by molar-refractivity contribution is -0.398. The maximum atomic E-state index is 11.8. The number of nitro benzene ring substituents is 1. The van der Waals surface area contributed by atoms with Crippen LogP contribution in [0.3, 0.4) is 0 Å². The number of aryl methyl sites for hydroxylation is 1. The predicted octanol–water partition coefficient (Wildman–Crippen LogP) is 1.07. The van der Waals surface area contributed by atoms with E-state index in [1.165, 1.54) is 6.07 Å². The summed E-state index contributed by atoms with van der Waals surface area (Å²) in [5.41, 5.74) is 2.91. The molecule has 2 rings (SSSR count). The Hall–Kier alpha value is -3.75. The summed E-state index contributed by atoms with van der Waals surface area (Å²) in [7, 11) is 0. The lowest BCUT2D eigenvalue weighted by Crippen LogP contribution is -2.32. The van der Waals surface area contributed by atoms with Crippen LogP contribution in [-0.2, 0) is 9.59 Å². The van der Waals surface area contributed by atoms with E-state index in [-0.39, 0.29) is 5.56 Å². The van der Waals surface area contributed by atoms with E-state index in [1.54, 1.807) is 31.2 Å². The van der Waals surface area contributed by atoms with Crippen LogP contribution in [-0.4, -0.2) is 23.0 Å². The SMILES string of the molecule is Cc1ccccc1NC(=O)C(=O)N/N=C\c1ccc([O-])c([N+](=O)[O-])c1. The molecule has 0 bridgehead atoms. The van der Waals surface area contributed by atoms with Crippen LogP contribution >= 0.6 is 0 Å². The summed E-state index contributed by atoms with van der Waals surface area (Å²) in [4.78, 5) is 33.3. The van der Waals surface area contributed by atoms with Crippen LogP contribution in [0.4, 0.5) is 11.4 Å².